The molecule has 4 heteroatoms. The van der Waals surface area contributed by atoms with Crippen LogP contribution in [0.2, 0.25) is 0 Å². The zero-order valence-corrected chi connectivity index (χ0v) is 9.65. The monoisotopic (exact) mass is 210 g/mol. The maximum absolute atomic E-state index is 11.5. The zero-order chi connectivity index (χ0) is 11.6. The fourth-order valence-corrected chi connectivity index (χ4v) is 1.43. The summed E-state index contributed by atoms with van der Waals surface area (Å²) in [5.74, 6) is 0.0828. The van der Waals surface area contributed by atoms with Gasteiger partial charge in [-0.05, 0) is 18.9 Å². The highest BCUT2D eigenvalue weighted by molar-refractivity contribution is 5.89. The molecule has 15 heavy (non-hydrogen) atoms. The van der Waals surface area contributed by atoms with Gasteiger partial charge in [0.15, 0.2) is 0 Å². The Morgan fingerprint density at radius 2 is 2.07 bits per heavy atom. The molecular weight excluding hydrogens is 192 g/mol. The molecule has 0 bridgehead atoms. The molecule has 0 saturated heterocycles. The lowest BCUT2D eigenvalue weighted by Crippen LogP contribution is -2.17. The summed E-state index contributed by atoms with van der Waals surface area (Å²) in [5, 5.41) is 0. The number of ether oxygens (including phenoxy) is 1. The van der Waals surface area contributed by atoms with Crippen LogP contribution in [0.25, 0.3) is 0 Å². The van der Waals surface area contributed by atoms with Gasteiger partial charge in [-0.3, -0.25) is 0 Å². The van der Waals surface area contributed by atoms with Crippen LogP contribution in [-0.4, -0.2) is 17.6 Å². The predicted molar refractivity (Wildman–Crippen MR) is 59.7 cm³/mol. The largest absolute Gasteiger partial charge is 0.464 e. The lowest BCUT2D eigenvalue weighted by Gasteiger charge is -2.19. The van der Waals surface area contributed by atoms with Gasteiger partial charge in [-0.1, -0.05) is 13.8 Å². The molecule has 0 aliphatic heterocycles. The average Bonchev–Trinajstić information content (AvgIpc) is 2.57. The van der Waals surface area contributed by atoms with Crippen LogP contribution in [-0.2, 0) is 4.74 Å². The summed E-state index contributed by atoms with van der Waals surface area (Å²) in [6.45, 7) is 6.25. The molecule has 2 N–H and O–H groups in total. The quantitative estimate of drug-likeness (QED) is 0.777. The van der Waals surface area contributed by atoms with E-state index in [0.717, 1.165) is 0 Å². The second-order valence-corrected chi connectivity index (χ2v) is 4.04. The van der Waals surface area contributed by atoms with Crippen LogP contribution in [0.3, 0.4) is 0 Å². The number of nitrogens with two attached hydrogens (primary N) is 1. The van der Waals surface area contributed by atoms with E-state index in [2.05, 4.69) is 20.8 Å². The number of methoxy groups -OCH3 is 1. The van der Waals surface area contributed by atoms with E-state index >= 15 is 0 Å². The second kappa shape index (κ2) is 4.38. The van der Waals surface area contributed by atoms with Crippen molar-refractivity contribution in [1.82, 2.24) is 4.57 Å². The number of esters is 1. The molecule has 4 nitrogen and oxygen atoms in total. The van der Waals surface area contributed by atoms with Gasteiger partial charge in [0.2, 0.25) is 0 Å². The van der Waals surface area contributed by atoms with Crippen molar-refractivity contribution in [3.8, 4) is 0 Å². The molecule has 0 saturated carbocycles. The molecule has 0 aliphatic rings. The van der Waals surface area contributed by atoms with Crippen molar-refractivity contribution in [1.29, 1.82) is 0 Å². The van der Waals surface area contributed by atoms with Crippen molar-refractivity contribution < 1.29 is 9.53 Å². The Hall–Kier alpha value is -1.45. The number of hydrogen-bond acceptors (Lipinski definition) is 3. The van der Waals surface area contributed by atoms with Crippen LogP contribution in [0.4, 0.5) is 5.69 Å². The van der Waals surface area contributed by atoms with E-state index in [-0.39, 0.29) is 12.0 Å². The summed E-state index contributed by atoms with van der Waals surface area (Å²) in [5.41, 5.74) is 6.78. The van der Waals surface area contributed by atoms with Crippen LogP contribution < -0.4 is 5.73 Å². The van der Waals surface area contributed by atoms with Gasteiger partial charge in [0, 0.05) is 12.2 Å². The first-order valence-corrected chi connectivity index (χ1v) is 5.03. The van der Waals surface area contributed by atoms with Crippen molar-refractivity contribution in [2.45, 2.75) is 26.8 Å². The molecule has 0 radical (unpaired) electrons. The summed E-state index contributed by atoms with van der Waals surface area (Å²) in [4.78, 5) is 11.5. The smallest absolute Gasteiger partial charge is 0.354 e. The summed E-state index contributed by atoms with van der Waals surface area (Å²) >= 11 is 0. The van der Waals surface area contributed by atoms with Gasteiger partial charge in [-0.25, -0.2) is 4.79 Å². The van der Waals surface area contributed by atoms with Gasteiger partial charge in [-0.15, -0.1) is 0 Å². The number of anilines is 1. The highest BCUT2D eigenvalue weighted by atomic mass is 16.5. The highest BCUT2D eigenvalue weighted by Crippen LogP contribution is 2.23. The Labute approximate surface area is 90.0 Å². The van der Waals surface area contributed by atoms with E-state index in [1.807, 2.05) is 4.57 Å². The molecule has 0 fully saturated rings. The average molecular weight is 210 g/mol. The maximum Gasteiger partial charge on any atom is 0.354 e. The van der Waals surface area contributed by atoms with Gasteiger partial charge in [0.25, 0.3) is 0 Å². The fourth-order valence-electron chi connectivity index (χ4n) is 1.43. The van der Waals surface area contributed by atoms with Crippen LogP contribution in [0.5, 0.6) is 0 Å². The molecule has 0 spiro atoms. The van der Waals surface area contributed by atoms with Crippen molar-refractivity contribution >= 4 is 11.7 Å². The number of carbonyl (C=O) groups excluding carboxylic acids is 1. The van der Waals surface area contributed by atoms with Crippen molar-refractivity contribution in [3.05, 3.63) is 18.0 Å². The number of hydrogen-bond donors (Lipinski definition) is 1. The van der Waals surface area contributed by atoms with E-state index < -0.39 is 0 Å². The summed E-state index contributed by atoms with van der Waals surface area (Å²) in [7, 11) is 1.37. The Bertz CT molecular complexity index is 355. The lowest BCUT2D eigenvalue weighted by atomic mass is 10.1. The van der Waals surface area contributed by atoms with Crippen LogP contribution in [0, 0.1) is 5.92 Å². The summed E-state index contributed by atoms with van der Waals surface area (Å²) in [6.07, 6.45) is 1.77. The first kappa shape index (κ1) is 11.6. The molecule has 0 amide bonds. The Morgan fingerprint density at radius 3 is 2.53 bits per heavy atom. The minimum absolute atomic E-state index is 0.219. The lowest BCUT2D eigenvalue weighted by molar-refractivity contribution is 0.0585. The SMILES string of the molecule is COC(=O)c1cc(N)cn1C(C)C(C)C. The molecule has 1 aromatic heterocycles. The minimum atomic E-state index is -0.348. The summed E-state index contributed by atoms with van der Waals surface area (Å²) < 4.78 is 6.57. The van der Waals surface area contributed by atoms with Gasteiger partial charge >= 0.3 is 5.97 Å². The Kier molecular flexibility index (Phi) is 3.39. The highest BCUT2D eigenvalue weighted by Gasteiger charge is 2.18. The molecular formula is C11H18N2O2. The standard InChI is InChI=1S/C11H18N2O2/c1-7(2)8(3)13-6-9(12)5-10(13)11(14)15-4/h5-8H,12H2,1-4H3. The number of carbonyl (C=O) groups is 1. The van der Waals surface area contributed by atoms with Gasteiger partial charge in [0.1, 0.15) is 5.69 Å². The Balaban J connectivity index is 3.11. The van der Waals surface area contributed by atoms with Gasteiger partial charge in [-0.2, -0.15) is 0 Å². The number of nitrogens with zero attached hydrogens (tertiary/aromatic N) is 1. The Morgan fingerprint density at radius 1 is 1.47 bits per heavy atom. The van der Waals surface area contributed by atoms with Crippen molar-refractivity contribution in [2.24, 2.45) is 5.92 Å². The van der Waals surface area contributed by atoms with E-state index in [4.69, 9.17) is 10.5 Å². The minimum Gasteiger partial charge on any atom is -0.464 e. The number of rotatable bonds is 3. The van der Waals surface area contributed by atoms with Crippen molar-refractivity contribution in [2.75, 3.05) is 12.8 Å². The zero-order valence-electron chi connectivity index (χ0n) is 9.65. The normalized spacial score (nSPS) is 12.9. The van der Waals surface area contributed by atoms with Crippen LogP contribution in [0.15, 0.2) is 12.3 Å². The first-order chi connectivity index (χ1) is 6.97. The predicted octanol–water partition coefficient (Wildman–Crippen LogP) is 2.07. The molecule has 1 heterocycles. The summed E-state index contributed by atoms with van der Waals surface area (Å²) in [6, 6.07) is 1.86. The van der Waals surface area contributed by atoms with E-state index in [9.17, 15) is 4.79 Å². The van der Waals surface area contributed by atoms with Crippen LogP contribution >= 0.6 is 0 Å². The maximum atomic E-state index is 11.5. The first-order valence-electron chi connectivity index (χ1n) is 5.03. The molecule has 84 valence electrons. The molecule has 1 unspecified atom stereocenters. The van der Waals surface area contributed by atoms with E-state index in [0.29, 0.717) is 17.3 Å². The van der Waals surface area contributed by atoms with Gasteiger partial charge < -0.3 is 15.0 Å². The molecule has 1 atom stereocenters. The van der Waals surface area contributed by atoms with E-state index in [1.165, 1.54) is 7.11 Å². The van der Waals surface area contributed by atoms with Crippen LogP contribution in [0.1, 0.15) is 37.3 Å². The topological polar surface area (TPSA) is 57.2 Å². The number of nitrogen functional groups attached to an aromatic ring is 1. The third-order valence-electron chi connectivity index (χ3n) is 2.67. The van der Waals surface area contributed by atoms with Crippen molar-refractivity contribution in [3.63, 3.8) is 0 Å². The molecule has 1 aromatic rings. The van der Waals surface area contributed by atoms with E-state index in [1.54, 1.807) is 12.3 Å². The van der Waals surface area contributed by atoms with Gasteiger partial charge in [0.05, 0.1) is 12.8 Å². The number of aromatic nitrogens is 1. The molecule has 1 rings (SSSR count). The fraction of sp³-hybridized carbons (Fsp3) is 0.545. The molecule has 0 aliphatic carbocycles. The molecule has 0 aromatic carbocycles. The third kappa shape index (κ3) is 2.32. The second-order valence-electron chi connectivity index (χ2n) is 4.04. The third-order valence-corrected chi connectivity index (χ3v) is 2.67.